The highest BCUT2D eigenvalue weighted by atomic mass is 79.9. The number of carbonyl (C=O) groups is 1. The number of hydrogen-bond acceptors (Lipinski definition) is 2. The predicted molar refractivity (Wildman–Crippen MR) is 91.2 cm³/mol. The maximum absolute atomic E-state index is 11.6. The van der Waals surface area contributed by atoms with Gasteiger partial charge in [0, 0.05) is 11.0 Å². The maximum Gasteiger partial charge on any atom is 0.314 e. The topological polar surface area (TPSA) is 50.4 Å². The Bertz CT molecular complexity index is 573. The minimum atomic E-state index is -0.172. The van der Waals surface area contributed by atoms with Crippen molar-refractivity contribution in [2.75, 3.05) is 19.7 Å². The van der Waals surface area contributed by atoms with Crippen LogP contribution in [-0.4, -0.2) is 25.7 Å². The number of rotatable bonds is 7. The summed E-state index contributed by atoms with van der Waals surface area (Å²) in [4.78, 5) is 11.6. The third kappa shape index (κ3) is 6.18. The molecule has 0 aliphatic heterocycles. The van der Waals surface area contributed by atoms with Gasteiger partial charge in [-0.2, -0.15) is 0 Å². The Balaban J connectivity index is 1.55. The van der Waals surface area contributed by atoms with Crippen molar-refractivity contribution in [2.24, 2.45) is 0 Å². The van der Waals surface area contributed by atoms with Gasteiger partial charge in [-0.05, 0) is 36.2 Å². The molecule has 2 aromatic rings. The van der Waals surface area contributed by atoms with E-state index in [9.17, 15) is 4.79 Å². The number of ether oxygens (including phenoxy) is 1. The summed E-state index contributed by atoms with van der Waals surface area (Å²) in [7, 11) is 0. The van der Waals surface area contributed by atoms with Gasteiger partial charge in [0.25, 0.3) is 0 Å². The molecule has 5 heteroatoms. The third-order valence-corrected chi connectivity index (χ3v) is 3.54. The molecule has 0 aliphatic carbocycles. The number of amides is 2. The number of halogens is 1. The second-order valence-corrected chi connectivity index (χ2v) is 5.64. The molecule has 0 saturated heterocycles. The highest BCUT2D eigenvalue weighted by Gasteiger charge is 2.00. The molecule has 2 aromatic carbocycles. The summed E-state index contributed by atoms with van der Waals surface area (Å²) in [5.74, 6) is 0.806. The highest BCUT2D eigenvalue weighted by molar-refractivity contribution is 9.10. The molecule has 4 nitrogen and oxygen atoms in total. The Labute approximate surface area is 139 Å². The quantitative estimate of drug-likeness (QED) is 0.741. The van der Waals surface area contributed by atoms with Crippen LogP contribution in [0.5, 0.6) is 5.75 Å². The largest absolute Gasteiger partial charge is 0.492 e. The summed E-state index contributed by atoms with van der Waals surface area (Å²) < 4.78 is 6.55. The summed E-state index contributed by atoms with van der Waals surface area (Å²) in [6.07, 6.45) is 0.807. The fourth-order valence-corrected chi connectivity index (χ4v) is 2.15. The summed E-state index contributed by atoms with van der Waals surface area (Å²) in [6.45, 7) is 1.52. The molecule has 0 spiro atoms. The molecule has 0 unspecified atom stereocenters. The lowest BCUT2D eigenvalue weighted by Crippen LogP contribution is -2.38. The first kappa shape index (κ1) is 16.4. The molecule has 0 aromatic heterocycles. The Kier molecular flexibility index (Phi) is 6.77. The number of carbonyl (C=O) groups excluding carboxylic acids is 1. The smallest absolute Gasteiger partial charge is 0.314 e. The summed E-state index contributed by atoms with van der Waals surface area (Å²) >= 11 is 3.40. The van der Waals surface area contributed by atoms with Gasteiger partial charge in [-0.15, -0.1) is 0 Å². The average molecular weight is 363 g/mol. The maximum atomic E-state index is 11.6. The fourth-order valence-electron chi connectivity index (χ4n) is 1.88. The highest BCUT2D eigenvalue weighted by Crippen LogP contribution is 2.10. The van der Waals surface area contributed by atoms with Crippen molar-refractivity contribution in [2.45, 2.75) is 6.42 Å². The Hall–Kier alpha value is -2.01. The lowest BCUT2D eigenvalue weighted by Gasteiger charge is -2.09. The van der Waals surface area contributed by atoms with Crippen LogP contribution in [0.4, 0.5) is 4.79 Å². The summed E-state index contributed by atoms with van der Waals surface area (Å²) in [5.41, 5.74) is 1.19. The van der Waals surface area contributed by atoms with E-state index in [0.717, 1.165) is 16.6 Å². The van der Waals surface area contributed by atoms with E-state index in [1.54, 1.807) is 0 Å². The minimum Gasteiger partial charge on any atom is -0.492 e. The SMILES string of the molecule is O=C(NCCOc1ccccc1)NCCc1ccc(Br)cc1. The molecule has 0 saturated carbocycles. The Morgan fingerprint density at radius 2 is 1.64 bits per heavy atom. The lowest BCUT2D eigenvalue weighted by atomic mass is 10.1. The number of benzene rings is 2. The fraction of sp³-hybridized carbons (Fsp3) is 0.235. The van der Waals surface area contributed by atoms with E-state index in [2.05, 4.69) is 26.6 Å². The van der Waals surface area contributed by atoms with Gasteiger partial charge in [0.1, 0.15) is 12.4 Å². The molecule has 22 heavy (non-hydrogen) atoms. The van der Waals surface area contributed by atoms with Gasteiger partial charge in [0.15, 0.2) is 0 Å². The molecule has 0 atom stereocenters. The first-order valence-electron chi connectivity index (χ1n) is 7.18. The molecular weight excluding hydrogens is 344 g/mol. The van der Waals surface area contributed by atoms with Gasteiger partial charge in [-0.25, -0.2) is 4.79 Å². The van der Waals surface area contributed by atoms with E-state index in [4.69, 9.17) is 4.74 Å². The van der Waals surface area contributed by atoms with Crippen LogP contribution in [0.25, 0.3) is 0 Å². The van der Waals surface area contributed by atoms with Gasteiger partial charge >= 0.3 is 6.03 Å². The van der Waals surface area contributed by atoms with E-state index >= 15 is 0 Å². The number of para-hydroxylation sites is 1. The van der Waals surface area contributed by atoms with Crippen LogP contribution < -0.4 is 15.4 Å². The molecule has 2 amide bonds. The molecule has 0 aliphatic rings. The van der Waals surface area contributed by atoms with Gasteiger partial charge < -0.3 is 15.4 Å². The van der Waals surface area contributed by atoms with Crippen molar-refractivity contribution in [1.82, 2.24) is 10.6 Å². The van der Waals surface area contributed by atoms with Crippen molar-refractivity contribution in [3.63, 3.8) is 0 Å². The zero-order valence-electron chi connectivity index (χ0n) is 12.2. The average Bonchev–Trinajstić information content (AvgIpc) is 2.54. The molecule has 116 valence electrons. The molecule has 2 rings (SSSR count). The standard InChI is InChI=1S/C17H19BrN2O2/c18-15-8-6-14(7-9-15)10-11-19-17(21)20-12-13-22-16-4-2-1-3-5-16/h1-9H,10-13H2,(H2,19,20,21). The van der Waals surface area contributed by atoms with Crippen molar-refractivity contribution < 1.29 is 9.53 Å². The minimum absolute atomic E-state index is 0.172. The van der Waals surface area contributed by atoms with Gasteiger partial charge in [-0.3, -0.25) is 0 Å². The van der Waals surface area contributed by atoms with Crippen LogP contribution >= 0.6 is 15.9 Å². The van der Waals surface area contributed by atoms with Gasteiger partial charge in [0.2, 0.25) is 0 Å². The van der Waals surface area contributed by atoms with Crippen molar-refractivity contribution in [3.8, 4) is 5.75 Å². The third-order valence-electron chi connectivity index (χ3n) is 3.01. The first-order chi connectivity index (χ1) is 10.7. The van der Waals surface area contributed by atoms with E-state index in [-0.39, 0.29) is 6.03 Å². The monoisotopic (exact) mass is 362 g/mol. The summed E-state index contributed by atoms with van der Waals surface area (Å²) in [5, 5.41) is 5.59. The Morgan fingerprint density at radius 3 is 2.36 bits per heavy atom. The molecule has 2 N–H and O–H groups in total. The number of hydrogen-bond donors (Lipinski definition) is 2. The van der Waals surface area contributed by atoms with Crippen LogP contribution in [0.15, 0.2) is 59.1 Å². The lowest BCUT2D eigenvalue weighted by molar-refractivity contribution is 0.236. The molecule has 0 radical (unpaired) electrons. The first-order valence-corrected chi connectivity index (χ1v) is 7.97. The molecule has 0 heterocycles. The zero-order valence-corrected chi connectivity index (χ0v) is 13.8. The molecule has 0 bridgehead atoms. The van der Waals surface area contributed by atoms with Crippen LogP contribution in [0.3, 0.4) is 0 Å². The van der Waals surface area contributed by atoms with Crippen LogP contribution in [0.1, 0.15) is 5.56 Å². The zero-order chi connectivity index (χ0) is 15.6. The van der Waals surface area contributed by atoms with Crippen LogP contribution in [0, 0.1) is 0 Å². The second-order valence-electron chi connectivity index (χ2n) is 4.72. The molecular formula is C17H19BrN2O2. The van der Waals surface area contributed by atoms with Crippen molar-refractivity contribution >= 4 is 22.0 Å². The van der Waals surface area contributed by atoms with Crippen LogP contribution in [-0.2, 0) is 6.42 Å². The normalized spacial score (nSPS) is 10.0. The predicted octanol–water partition coefficient (Wildman–Crippen LogP) is 3.37. The van der Waals surface area contributed by atoms with E-state index in [0.29, 0.717) is 19.7 Å². The van der Waals surface area contributed by atoms with Crippen molar-refractivity contribution in [1.29, 1.82) is 0 Å². The molecule has 0 fully saturated rings. The number of nitrogens with one attached hydrogen (secondary N) is 2. The van der Waals surface area contributed by atoms with E-state index in [1.807, 2.05) is 54.6 Å². The second kappa shape index (κ2) is 9.10. The van der Waals surface area contributed by atoms with Crippen LogP contribution in [0.2, 0.25) is 0 Å². The summed E-state index contributed by atoms with van der Waals surface area (Å²) in [6, 6.07) is 17.4. The number of urea groups is 1. The Morgan fingerprint density at radius 1 is 0.955 bits per heavy atom. The van der Waals surface area contributed by atoms with Gasteiger partial charge in [0.05, 0.1) is 6.54 Å². The van der Waals surface area contributed by atoms with E-state index in [1.165, 1.54) is 5.56 Å². The van der Waals surface area contributed by atoms with E-state index < -0.39 is 0 Å². The van der Waals surface area contributed by atoms with Gasteiger partial charge in [-0.1, -0.05) is 46.3 Å². The van der Waals surface area contributed by atoms with Crippen molar-refractivity contribution in [3.05, 3.63) is 64.6 Å².